The van der Waals surface area contributed by atoms with Crippen molar-refractivity contribution in [2.45, 2.75) is 65.3 Å². The largest absolute Gasteiger partial charge is 0.510 e. The fourth-order valence-corrected chi connectivity index (χ4v) is 4.05. The van der Waals surface area contributed by atoms with Gasteiger partial charge in [0.2, 0.25) is 13.6 Å². The van der Waals surface area contributed by atoms with Crippen LogP contribution in [0.5, 0.6) is 0 Å². The number of rotatable bonds is 16. The summed E-state index contributed by atoms with van der Waals surface area (Å²) < 4.78 is 49.6. The number of fused-ring (bicyclic) bond motifs is 1. The van der Waals surface area contributed by atoms with E-state index in [-0.39, 0.29) is 6.61 Å². The van der Waals surface area contributed by atoms with Gasteiger partial charge in [-0.15, -0.1) is 0 Å². The summed E-state index contributed by atoms with van der Waals surface area (Å²) in [5, 5.41) is 13.9. The molecule has 2 aromatic heterocycles. The maximum absolute atomic E-state index is 13.1. The summed E-state index contributed by atoms with van der Waals surface area (Å²) in [6.07, 6.45) is -1.37. The molecule has 0 amide bonds. The molecule has 2 heterocycles. The van der Waals surface area contributed by atoms with Crippen molar-refractivity contribution in [2.24, 2.45) is 0 Å². The normalized spacial score (nSPS) is 12.6. The van der Waals surface area contributed by atoms with Crippen molar-refractivity contribution in [3.8, 4) is 0 Å². The van der Waals surface area contributed by atoms with Gasteiger partial charge < -0.3 is 34.5 Å². The number of aliphatic hydroxyl groups excluding tert-OH is 1. The first-order valence-electron chi connectivity index (χ1n) is 11.9. The van der Waals surface area contributed by atoms with Crippen LogP contribution in [0.25, 0.3) is 5.52 Å². The zero-order chi connectivity index (χ0) is 28.1. The molecule has 0 saturated carbocycles. The molecule has 0 aliphatic rings. The fourth-order valence-electron chi connectivity index (χ4n) is 3.01. The standard InChI is InChI=1S/C22H35N4O11P/c1-15(2)36-21(28)31-12-34-38(30,35-13-32-22(29)37-16(3)4)14-33-18(10-27)7-5-6-17-8-9-19-20(23)24-11-25-26(17)19/h8-9,11,15-16,18,27H,5-7,10,12-14H2,1-4H3,(H2,23,24,25). The molecule has 1 atom stereocenters. The van der Waals surface area contributed by atoms with Gasteiger partial charge in [-0.25, -0.2) is 19.1 Å². The molecule has 0 radical (unpaired) electrons. The van der Waals surface area contributed by atoms with E-state index in [1.807, 2.05) is 12.1 Å². The lowest BCUT2D eigenvalue weighted by Gasteiger charge is -2.21. The lowest BCUT2D eigenvalue weighted by Crippen LogP contribution is -2.21. The number of aryl methyl sites for hydroxylation is 1. The number of carbonyl (C=O) groups is 2. The molecule has 2 rings (SSSR count). The third kappa shape index (κ3) is 10.8. The minimum atomic E-state index is -4.12. The minimum Gasteiger partial charge on any atom is -0.432 e. The SMILES string of the molecule is CC(C)OC(=O)OCOP(=O)(COC(CO)CCCc1ccc2c(N)ncnn12)OCOC(=O)OC(C)C. The summed E-state index contributed by atoms with van der Waals surface area (Å²) in [7, 11) is -4.12. The van der Waals surface area contributed by atoms with Gasteiger partial charge in [0.1, 0.15) is 18.2 Å². The van der Waals surface area contributed by atoms with Crippen LogP contribution in [-0.4, -0.2) is 76.9 Å². The van der Waals surface area contributed by atoms with Crippen LogP contribution in [0.1, 0.15) is 46.2 Å². The van der Waals surface area contributed by atoms with Gasteiger partial charge in [-0.3, -0.25) is 13.6 Å². The molecule has 0 fully saturated rings. The number of hydrogen-bond donors (Lipinski definition) is 2. The molecule has 0 aliphatic carbocycles. The van der Waals surface area contributed by atoms with Crippen molar-refractivity contribution in [1.82, 2.24) is 14.6 Å². The average Bonchev–Trinajstić information content (AvgIpc) is 3.24. The first-order valence-corrected chi connectivity index (χ1v) is 13.6. The molecule has 15 nitrogen and oxygen atoms in total. The number of nitrogens with two attached hydrogens (primary N) is 1. The minimum absolute atomic E-state index is 0.362. The number of ether oxygens (including phenoxy) is 5. The number of aromatic nitrogens is 3. The van der Waals surface area contributed by atoms with Gasteiger partial charge in [0, 0.05) is 5.69 Å². The highest BCUT2D eigenvalue weighted by Crippen LogP contribution is 2.48. The number of aliphatic hydroxyl groups is 1. The Morgan fingerprint density at radius 2 is 1.66 bits per heavy atom. The van der Waals surface area contributed by atoms with Crippen LogP contribution < -0.4 is 5.73 Å². The number of hydrogen-bond acceptors (Lipinski definition) is 14. The summed E-state index contributed by atoms with van der Waals surface area (Å²) >= 11 is 0. The number of nitrogens with zero attached hydrogens (tertiary/aromatic N) is 3. The fraction of sp³-hybridized carbons (Fsp3) is 0.636. The zero-order valence-electron chi connectivity index (χ0n) is 21.8. The summed E-state index contributed by atoms with van der Waals surface area (Å²) in [6.45, 7) is 4.54. The molecular formula is C22H35N4O11P. The van der Waals surface area contributed by atoms with Gasteiger partial charge in [0.05, 0.1) is 24.9 Å². The Labute approximate surface area is 220 Å². The van der Waals surface area contributed by atoms with Crippen LogP contribution in [0.4, 0.5) is 15.4 Å². The second-order valence-corrected chi connectivity index (χ2v) is 10.5. The van der Waals surface area contributed by atoms with E-state index in [2.05, 4.69) is 10.1 Å². The van der Waals surface area contributed by atoms with Gasteiger partial charge in [0.15, 0.2) is 5.82 Å². The van der Waals surface area contributed by atoms with Crippen LogP contribution in [-0.2, 0) is 43.7 Å². The molecule has 3 N–H and O–H groups in total. The monoisotopic (exact) mass is 562 g/mol. The highest BCUT2D eigenvalue weighted by Gasteiger charge is 2.29. The van der Waals surface area contributed by atoms with Crippen LogP contribution in [0, 0.1) is 0 Å². The van der Waals surface area contributed by atoms with Crippen molar-refractivity contribution in [3.05, 3.63) is 24.2 Å². The van der Waals surface area contributed by atoms with Crippen molar-refractivity contribution >= 4 is 31.2 Å². The van der Waals surface area contributed by atoms with Gasteiger partial charge in [-0.1, -0.05) is 0 Å². The Balaban J connectivity index is 1.90. The van der Waals surface area contributed by atoms with E-state index in [0.29, 0.717) is 30.6 Å². The van der Waals surface area contributed by atoms with E-state index in [4.69, 9.17) is 38.5 Å². The van der Waals surface area contributed by atoms with Crippen LogP contribution in [0.15, 0.2) is 18.5 Å². The smallest absolute Gasteiger partial charge is 0.432 e. The van der Waals surface area contributed by atoms with Crippen molar-refractivity contribution in [1.29, 1.82) is 0 Å². The highest BCUT2D eigenvalue weighted by atomic mass is 31.2. The number of carbonyl (C=O) groups excluding carboxylic acids is 2. The van der Waals surface area contributed by atoms with Crippen molar-refractivity contribution in [2.75, 3.05) is 32.3 Å². The molecule has 214 valence electrons. The first kappa shape index (κ1) is 31.2. The predicted molar refractivity (Wildman–Crippen MR) is 132 cm³/mol. The van der Waals surface area contributed by atoms with Gasteiger partial charge in [0.25, 0.3) is 0 Å². The molecule has 2 aromatic rings. The summed E-state index contributed by atoms with van der Waals surface area (Å²) in [5.41, 5.74) is 7.42. The molecule has 0 aromatic carbocycles. The van der Waals surface area contributed by atoms with Crippen LogP contribution in [0.3, 0.4) is 0 Å². The molecule has 0 saturated heterocycles. The van der Waals surface area contributed by atoms with Gasteiger partial charge in [-0.2, -0.15) is 5.10 Å². The maximum atomic E-state index is 13.1. The molecule has 38 heavy (non-hydrogen) atoms. The van der Waals surface area contributed by atoms with E-state index in [1.165, 1.54) is 6.33 Å². The Bertz CT molecular complexity index is 1050. The van der Waals surface area contributed by atoms with E-state index >= 15 is 0 Å². The summed E-state index contributed by atoms with van der Waals surface area (Å²) in [4.78, 5) is 27.1. The Hall–Kier alpha value is -2.97. The topological polar surface area (TPSA) is 192 Å². The van der Waals surface area contributed by atoms with E-state index in [0.717, 1.165) is 5.69 Å². The third-order valence-electron chi connectivity index (χ3n) is 4.71. The Kier molecular flexibility index (Phi) is 12.7. The van der Waals surface area contributed by atoms with Gasteiger partial charge >= 0.3 is 19.9 Å². The molecule has 0 bridgehead atoms. The van der Waals surface area contributed by atoms with Gasteiger partial charge in [-0.05, 0) is 59.1 Å². The number of nitrogen functional groups attached to an aromatic ring is 1. The first-order chi connectivity index (χ1) is 18.0. The Morgan fingerprint density at radius 1 is 1.05 bits per heavy atom. The molecule has 0 spiro atoms. The van der Waals surface area contributed by atoms with E-state index < -0.39 is 58.2 Å². The van der Waals surface area contributed by atoms with Crippen LogP contribution in [0.2, 0.25) is 0 Å². The summed E-state index contributed by atoms with van der Waals surface area (Å²) in [6, 6.07) is 3.69. The molecule has 16 heteroatoms. The summed E-state index contributed by atoms with van der Waals surface area (Å²) in [5.74, 6) is 0.362. The number of anilines is 1. The van der Waals surface area contributed by atoms with E-state index in [1.54, 1.807) is 32.2 Å². The lowest BCUT2D eigenvalue weighted by atomic mass is 10.1. The Morgan fingerprint density at radius 3 is 2.21 bits per heavy atom. The quantitative estimate of drug-likeness (QED) is 0.172. The van der Waals surface area contributed by atoms with Crippen molar-refractivity contribution in [3.63, 3.8) is 0 Å². The second-order valence-electron chi connectivity index (χ2n) is 8.49. The van der Waals surface area contributed by atoms with Crippen LogP contribution >= 0.6 is 7.60 Å². The average molecular weight is 563 g/mol. The predicted octanol–water partition coefficient (Wildman–Crippen LogP) is 3.23. The van der Waals surface area contributed by atoms with Crippen molar-refractivity contribution < 1.29 is 52.0 Å². The molecular weight excluding hydrogens is 527 g/mol. The third-order valence-corrected chi connectivity index (χ3v) is 6.17. The maximum Gasteiger partial charge on any atom is 0.510 e. The molecule has 0 aliphatic heterocycles. The highest BCUT2D eigenvalue weighted by molar-refractivity contribution is 7.53. The zero-order valence-corrected chi connectivity index (χ0v) is 22.7. The second kappa shape index (κ2) is 15.4. The lowest BCUT2D eigenvalue weighted by molar-refractivity contribution is -0.0398. The van der Waals surface area contributed by atoms with E-state index in [9.17, 15) is 19.3 Å². The molecule has 1 unspecified atom stereocenters.